The van der Waals surface area contributed by atoms with Crippen LogP contribution in [-0.2, 0) is 16.2 Å². The predicted octanol–water partition coefficient (Wildman–Crippen LogP) is 3.93. The molecule has 1 fully saturated rings. The average molecular weight is 348 g/mol. The fraction of sp³-hybridized carbons (Fsp3) is 0.364. The normalized spacial score (nSPS) is 19.0. The van der Waals surface area contributed by atoms with Gasteiger partial charge in [-0.3, -0.25) is 4.79 Å². The number of oxime groups is 1. The monoisotopic (exact) mass is 348 g/mol. The zero-order chi connectivity index (χ0) is 17.9. The number of nitrogens with zero attached hydrogens (tertiary/aromatic N) is 2. The summed E-state index contributed by atoms with van der Waals surface area (Å²) in [6.07, 6.45) is 2.70. The van der Waals surface area contributed by atoms with Gasteiger partial charge in [-0.05, 0) is 30.9 Å². The number of hydrogen-bond donors (Lipinski definition) is 0. The first-order chi connectivity index (χ1) is 12.7. The Balaban J connectivity index is 1.41. The van der Waals surface area contributed by atoms with Gasteiger partial charge in [-0.25, -0.2) is 0 Å². The second-order valence-corrected chi connectivity index (χ2v) is 7.31. The van der Waals surface area contributed by atoms with Crippen LogP contribution in [0, 0.1) is 12.8 Å². The number of carbonyl (C=O) groups is 1. The lowest BCUT2D eigenvalue weighted by atomic mass is 10.0. The highest BCUT2D eigenvalue weighted by atomic mass is 16.6. The third kappa shape index (κ3) is 3.96. The van der Waals surface area contributed by atoms with Crippen LogP contribution in [-0.4, -0.2) is 29.2 Å². The second kappa shape index (κ2) is 7.32. The molecule has 0 saturated heterocycles. The summed E-state index contributed by atoms with van der Waals surface area (Å²) in [4.78, 5) is 20.3. The standard InChI is InChI=1S/C22H24N2O2/c1-16-7-9-18(10-8-16)21-13-20(26-23-21)15-24(22(25)19-11-12-19)14-17-5-3-2-4-6-17/h2-10,19-20H,11-15H2,1H3/t20-/m1/s1. The smallest absolute Gasteiger partial charge is 0.226 e. The highest BCUT2D eigenvalue weighted by Crippen LogP contribution is 2.32. The van der Waals surface area contributed by atoms with Crippen molar-refractivity contribution in [3.8, 4) is 0 Å². The molecule has 2 aliphatic rings. The quantitative estimate of drug-likeness (QED) is 0.794. The van der Waals surface area contributed by atoms with Crippen molar-refractivity contribution >= 4 is 11.6 Å². The van der Waals surface area contributed by atoms with E-state index in [4.69, 9.17) is 4.84 Å². The van der Waals surface area contributed by atoms with Crippen LogP contribution < -0.4 is 0 Å². The molecule has 1 atom stereocenters. The number of carbonyl (C=O) groups excluding carboxylic acids is 1. The first kappa shape index (κ1) is 16.8. The Morgan fingerprint density at radius 2 is 1.85 bits per heavy atom. The summed E-state index contributed by atoms with van der Waals surface area (Å²) in [5.41, 5.74) is 4.45. The van der Waals surface area contributed by atoms with Crippen LogP contribution >= 0.6 is 0 Å². The SMILES string of the molecule is Cc1ccc(C2=NO[C@@H](CN(Cc3ccccc3)C(=O)C3CC3)C2)cc1. The van der Waals surface area contributed by atoms with Crippen LogP contribution in [0.15, 0.2) is 59.8 Å². The zero-order valence-corrected chi connectivity index (χ0v) is 15.1. The molecule has 1 saturated carbocycles. The molecule has 0 N–H and O–H groups in total. The van der Waals surface area contributed by atoms with Crippen molar-refractivity contribution < 1.29 is 9.63 Å². The van der Waals surface area contributed by atoms with Gasteiger partial charge in [0.2, 0.25) is 5.91 Å². The molecular weight excluding hydrogens is 324 g/mol. The Morgan fingerprint density at radius 1 is 1.12 bits per heavy atom. The van der Waals surface area contributed by atoms with E-state index in [1.54, 1.807) is 0 Å². The summed E-state index contributed by atoms with van der Waals surface area (Å²) in [6, 6.07) is 18.5. The minimum absolute atomic E-state index is 0.0716. The van der Waals surface area contributed by atoms with Gasteiger partial charge in [0.1, 0.15) is 0 Å². The third-order valence-electron chi connectivity index (χ3n) is 5.00. The minimum atomic E-state index is -0.0716. The number of aryl methyl sites for hydroxylation is 1. The Labute approximate surface area is 154 Å². The average Bonchev–Trinajstić information content (AvgIpc) is 3.41. The van der Waals surface area contributed by atoms with Crippen molar-refractivity contribution in [2.24, 2.45) is 11.1 Å². The van der Waals surface area contributed by atoms with Crippen molar-refractivity contribution in [3.05, 3.63) is 71.3 Å². The molecule has 0 spiro atoms. The van der Waals surface area contributed by atoms with Crippen molar-refractivity contribution in [3.63, 3.8) is 0 Å². The van der Waals surface area contributed by atoms with Gasteiger partial charge in [0, 0.05) is 18.9 Å². The van der Waals surface area contributed by atoms with E-state index in [0.717, 1.165) is 36.1 Å². The molecule has 1 aliphatic heterocycles. The van der Waals surface area contributed by atoms with Crippen molar-refractivity contribution in [1.82, 2.24) is 4.90 Å². The topological polar surface area (TPSA) is 41.9 Å². The first-order valence-corrected chi connectivity index (χ1v) is 9.31. The van der Waals surface area contributed by atoms with Gasteiger partial charge in [-0.2, -0.15) is 0 Å². The van der Waals surface area contributed by atoms with Crippen LogP contribution in [0.3, 0.4) is 0 Å². The lowest BCUT2D eigenvalue weighted by Gasteiger charge is -2.25. The maximum absolute atomic E-state index is 12.7. The molecule has 0 unspecified atom stereocenters. The van der Waals surface area contributed by atoms with E-state index in [9.17, 15) is 4.79 Å². The molecule has 26 heavy (non-hydrogen) atoms. The summed E-state index contributed by atoms with van der Waals surface area (Å²) in [7, 11) is 0. The van der Waals surface area contributed by atoms with Crippen molar-refractivity contribution in [2.45, 2.75) is 38.8 Å². The van der Waals surface area contributed by atoms with Gasteiger partial charge in [-0.1, -0.05) is 65.3 Å². The lowest BCUT2D eigenvalue weighted by molar-refractivity contribution is -0.135. The van der Waals surface area contributed by atoms with E-state index in [1.807, 2.05) is 23.1 Å². The summed E-state index contributed by atoms with van der Waals surface area (Å²) >= 11 is 0. The molecule has 1 heterocycles. The highest BCUT2D eigenvalue weighted by molar-refractivity contribution is 6.01. The van der Waals surface area contributed by atoms with Crippen LogP contribution in [0.5, 0.6) is 0 Å². The van der Waals surface area contributed by atoms with E-state index in [-0.39, 0.29) is 17.9 Å². The molecule has 1 amide bonds. The summed E-state index contributed by atoms with van der Waals surface area (Å²) in [6.45, 7) is 3.30. The highest BCUT2D eigenvalue weighted by Gasteiger charge is 2.35. The molecule has 4 nitrogen and oxygen atoms in total. The van der Waals surface area contributed by atoms with Gasteiger partial charge >= 0.3 is 0 Å². The molecule has 134 valence electrons. The lowest BCUT2D eigenvalue weighted by Crippen LogP contribution is -2.38. The molecular formula is C22H24N2O2. The number of rotatable bonds is 6. The van der Waals surface area contributed by atoms with Gasteiger partial charge in [-0.15, -0.1) is 0 Å². The summed E-state index contributed by atoms with van der Waals surface area (Å²) in [5.74, 6) is 0.457. The third-order valence-corrected chi connectivity index (χ3v) is 5.00. The van der Waals surface area contributed by atoms with Crippen molar-refractivity contribution in [1.29, 1.82) is 0 Å². The Morgan fingerprint density at radius 3 is 2.54 bits per heavy atom. The van der Waals surface area contributed by atoms with Crippen LogP contribution in [0.1, 0.15) is 36.0 Å². The number of amides is 1. The molecule has 4 heteroatoms. The zero-order valence-electron chi connectivity index (χ0n) is 15.1. The summed E-state index contributed by atoms with van der Waals surface area (Å²) in [5, 5.41) is 4.28. The van der Waals surface area contributed by atoms with Crippen LogP contribution in [0.2, 0.25) is 0 Å². The van der Waals surface area contributed by atoms with E-state index in [1.165, 1.54) is 5.56 Å². The van der Waals surface area contributed by atoms with E-state index < -0.39 is 0 Å². The first-order valence-electron chi connectivity index (χ1n) is 9.31. The maximum Gasteiger partial charge on any atom is 0.226 e. The maximum atomic E-state index is 12.7. The summed E-state index contributed by atoms with van der Waals surface area (Å²) < 4.78 is 0. The van der Waals surface area contributed by atoms with E-state index in [2.05, 4.69) is 48.5 Å². The fourth-order valence-electron chi connectivity index (χ4n) is 3.31. The van der Waals surface area contributed by atoms with Gasteiger partial charge < -0.3 is 9.74 Å². The van der Waals surface area contributed by atoms with Gasteiger partial charge in [0.15, 0.2) is 6.10 Å². The molecule has 0 aromatic heterocycles. The van der Waals surface area contributed by atoms with E-state index in [0.29, 0.717) is 13.1 Å². The molecule has 1 aliphatic carbocycles. The minimum Gasteiger partial charge on any atom is -0.390 e. The number of hydrogen-bond acceptors (Lipinski definition) is 3. The van der Waals surface area contributed by atoms with Crippen LogP contribution in [0.25, 0.3) is 0 Å². The second-order valence-electron chi connectivity index (χ2n) is 7.31. The Kier molecular flexibility index (Phi) is 4.74. The largest absolute Gasteiger partial charge is 0.390 e. The Bertz CT molecular complexity index is 795. The van der Waals surface area contributed by atoms with Gasteiger partial charge in [0.05, 0.1) is 12.3 Å². The van der Waals surface area contributed by atoms with Gasteiger partial charge in [0.25, 0.3) is 0 Å². The molecule has 2 aromatic carbocycles. The predicted molar refractivity (Wildman–Crippen MR) is 102 cm³/mol. The molecule has 4 rings (SSSR count). The Hall–Kier alpha value is -2.62. The molecule has 2 aromatic rings. The van der Waals surface area contributed by atoms with E-state index >= 15 is 0 Å². The number of benzene rings is 2. The molecule has 0 radical (unpaired) electrons. The fourth-order valence-corrected chi connectivity index (χ4v) is 3.31. The van der Waals surface area contributed by atoms with Crippen LogP contribution in [0.4, 0.5) is 0 Å². The molecule has 0 bridgehead atoms. The van der Waals surface area contributed by atoms with Crippen molar-refractivity contribution in [2.75, 3.05) is 6.54 Å².